The lowest BCUT2D eigenvalue weighted by atomic mass is 10.0. The van der Waals surface area contributed by atoms with Crippen molar-refractivity contribution in [3.8, 4) is 0 Å². The Bertz CT molecular complexity index is 1320. The summed E-state index contributed by atoms with van der Waals surface area (Å²) >= 11 is 0. The Labute approximate surface area is 433 Å². The highest BCUT2D eigenvalue weighted by Crippen LogP contribution is 2.38. The van der Waals surface area contributed by atoms with Gasteiger partial charge in [0, 0.05) is 12.8 Å². The third-order valence-electron chi connectivity index (χ3n) is 12.9. The second-order valence-electron chi connectivity index (χ2n) is 21.0. The van der Waals surface area contributed by atoms with Crippen molar-refractivity contribution >= 4 is 19.8 Å². The van der Waals surface area contributed by atoms with Gasteiger partial charge in [-0.1, -0.05) is 255 Å². The van der Waals surface area contributed by atoms with E-state index >= 15 is 0 Å². The molecular formula is C60H112NO8P. The highest BCUT2D eigenvalue weighted by molar-refractivity contribution is 7.45. The highest BCUT2D eigenvalue weighted by atomic mass is 31.2. The van der Waals surface area contributed by atoms with Gasteiger partial charge in [-0.25, -0.2) is 0 Å². The monoisotopic (exact) mass is 1010 g/mol. The average molecular weight is 1010 g/mol. The number of nitrogens with zero attached hydrogens (tertiary/aromatic N) is 1. The first-order valence-corrected chi connectivity index (χ1v) is 30.8. The van der Waals surface area contributed by atoms with Gasteiger partial charge in [0.2, 0.25) is 0 Å². The standard InChI is InChI=1S/C60H112NO8P/c1-6-8-10-12-14-16-18-20-22-24-25-26-27-28-29-30-31-32-33-34-35-37-38-40-42-44-46-48-50-52-59(62)66-56-58(57-68-70(64,65)67-55-54-61(3,4)5)69-60(63)53-51-49-47-45-43-41-39-36-23-21-19-17-15-13-11-9-7-2/h9,11,15,17,21,23,39,41,58H,6-8,10,12-14,16,18-20,22,24-38,40,42-57H2,1-5H3/b11-9-,17-15-,23-21-,41-39-. The maximum absolute atomic E-state index is 12.8. The van der Waals surface area contributed by atoms with Gasteiger partial charge in [0.25, 0.3) is 7.82 Å². The predicted molar refractivity (Wildman–Crippen MR) is 296 cm³/mol. The van der Waals surface area contributed by atoms with E-state index < -0.39 is 26.5 Å². The molecule has 0 heterocycles. The van der Waals surface area contributed by atoms with Crippen LogP contribution in [0.5, 0.6) is 0 Å². The fraction of sp³-hybridized carbons (Fsp3) is 0.833. The van der Waals surface area contributed by atoms with Crippen LogP contribution in [0.25, 0.3) is 0 Å². The summed E-state index contributed by atoms with van der Waals surface area (Å²) in [4.78, 5) is 37.8. The van der Waals surface area contributed by atoms with Gasteiger partial charge < -0.3 is 27.9 Å². The minimum Gasteiger partial charge on any atom is -0.756 e. The third kappa shape index (κ3) is 55.3. The zero-order valence-corrected chi connectivity index (χ0v) is 47.4. The molecule has 0 aliphatic rings. The molecule has 2 unspecified atom stereocenters. The largest absolute Gasteiger partial charge is 0.756 e. The van der Waals surface area contributed by atoms with Crippen LogP contribution >= 0.6 is 7.82 Å². The number of rotatable bonds is 54. The van der Waals surface area contributed by atoms with Gasteiger partial charge in [-0.2, -0.15) is 0 Å². The summed E-state index contributed by atoms with van der Waals surface area (Å²) in [5.74, 6) is -0.852. The Hall–Kier alpha value is -2.03. The SMILES string of the molecule is CC/C=C\C/C=C\C/C=C\C/C=C\CCCCCCC(=O)OC(COC(=O)CCCCCCCCCCCCCCCCCCCCCCCCCCCCCCC)COP(=O)([O-])OCC[N+](C)(C)C. The van der Waals surface area contributed by atoms with Crippen molar-refractivity contribution in [1.82, 2.24) is 0 Å². The van der Waals surface area contributed by atoms with Crippen molar-refractivity contribution in [2.45, 2.75) is 277 Å². The molecule has 0 bridgehead atoms. The molecule has 0 radical (unpaired) electrons. The molecule has 410 valence electrons. The molecule has 0 spiro atoms. The molecule has 0 N–H and O–H groups in total. The van der Waals surface area contributed by atoms with Crippen molar-refractivity contribution in [3.63, 3.8) is 0 Å². The van der Waals surface area contributed by atoms with Crippen molar-refractivity contribution in [1.29, 1.82) is 0 Å². The minimum atomic E-state index is -4.64. The van der Waals surface area contributed by atoms with E-state index in [2.05, 4.69) is 62.5 Å². The van der Waals surface area contributed by atoms with Crippen molar-refractivity contribution in [2.75, 3.05) is 47.5 Å². The zero-order valence-electron chi connectivity index (χ0n) is 46.5. The van der Waals surface area contributed by atoms with E-state index in [-0.39, 0.29) is 32.0 Å². The van der Waals surface area contributed by atoms with E-state index in [0.29, 0.717) is 17.4 Å². The Kier molecular flexibility index (Phi) is 50.4. The van der Waals surface area contributed by atoms with Gasteiger partial charge in [0.05, 0.1) is 27.7 Å². The number of phosphoric acid groups is 1. The summed E-state index contributed by atoms with van der Waals surface area (Å²) < 4.78 is 34.1. The summed E-state index contributed by atoms with van der Waals surface area (Å²) in [7, 11) is 1.15. The van der Waals surface area contributed by atoms with E-state index in [1.807, 2.05) is 21.1 Å². The van der Waals surface area contributed by atoms with Gasteiger partial charge in [-0.15, -0.1) is 0 Å². The van der Waals surface area contributed by atoms with Crippen LogP contribution in [-0.2, 0) is 32.7 Å². The van der Waals surface area contributed by atoms with Crippen LogP contribution in [0, 0.1) is 0 Å². The van der Waals surface area contributed by atoms with Crippen LogP contribution in [0.3, 0.4) is 0 Å². The lowest BCUT2D eigenvalue weighted by Crippen LogP contribution is -2.37. The van der Waals surface area contributed by atoms with Crippen molar-refractivity contribution in [2.24, 2.45) is 0 Å². The fourth-order valence-electron chi connectivity index (χ4n) is 8.36. The van der Waals surface area contributed by atoms with Crippen LogP contribution in [0.2, 0.25) is 0 Å². The second kappa shape index (κ2) is 51.9. The molecule has 0 saturated carbocycles. The lowest BCUT2D eigenvalue weighted by Gasteiger charge is -2.28. The number of hydrogen-bond donors (Lipinski definition) is 0. The molecule has 0 aliphatic carbocycles. The van der Waals surface area contributed by atoms with E-state index in [1.54, 1.807) is 0 Å². The van der Waals surface area contributed by atoms with Crippen LogP contribution in [0.4, 0.5) is 0 Å². The smallest absolute Gasteiger partial charge is 0.306 e. The number of unbranched alkanes of at least 4 members (excludes halogenated alkanes) is 32. The van der Waals surface area contributed by atoms with E-state index in [0.717, 1.165) is 70.6 Å². The normalized spacial score (nSPS) is 13.6. The van der Waals surface area contributed by atoms with Crippen LogP contribution in [0.1, 0.15) is 271 Å². The summed E-state index contributed by atoms with van der Waals surface area (Å²) in [5.41, 5.74) is 0. The summed E-state index contributed by atoms with van der Waals surface area (Å²) in [6.45, 7) is 4.13. The van der Waals surface area contributed by atoms with E-state index in [4.69, 9.17) is 18.5 Å². The molecule has 70 heavy (non-hydrogen) atoms. The molecule has 0 aromatic carbocycles. The van der Waals surface area contributed by atoms with Crippen LogP contribution in [-0.4, -0.2) is 70.0 Å². The Balaban J connectivity index is 4.07. The minimum absolute atomic E-state index is 0.0360. The quantitative estimate of drug-likeness (QED) is 0.0195. The van der Waals surface area contributed by atoms with Crippen LogP contribution in [0.15, 0.2) is 48.6 Å². The molecule has 0 aromatic rings. The molecule has 2 atom stereocenters. The van der Waals surface area contributed by atoms with Gasteiger partial charge in [0.1, 0.15) is 19.8 Å². The number of carbonyl (C=O) groups is 2. The number of quaternary nitrogens is 1. The van der Waals surface area contributed by atoms with Crippen molar-refractivity contribution in [3.05, 3.63) is 48.6 Å². The number of hydrogen-bond acceptors (Lipinski definition) is 8. The summed E-state index contributed by atoms with van der Waals surface area (Å²) in [6, 6.07) is 0. The van der Waals surface area contributed by atoms with E-state index in [9.17, 15) is 19.0 Å². The zero-order chi connectivity index (χ0) is 51.3. The third-order valence-corrected chi connectivity index (χ3v) is 13.8. The van der Waals surface area contributed by atoms with E-state index in [1.165, 1.54) is 167 Å². The number of esters is 2. The van der Waals surface area contributed by atoms with Gasteiger partial charge in [0.15, 0.2) is 6.10 Å². The van der Waals surface area contributed by atoms with Crippen LogP contribution < -0.4 is 4.89 Å². The Morgan fingerprint density at radius 3 is 1.21 bits per heavy atom. The first-order chi connectivity index (χ1) is 34.0. The topological polar surface area (TPSA) is 111 Å². The molecule has 0 saturated heterocycles. The van der Waals surface area contributed by atoms with Gasteiger partial charge in [-0.3, -0.25) is 14.2 Å². The number of likely N-dealkylation sites (N-methyl/N-ethyl adjacent to an activating group) is 1. The molecular weight excluding hydrogens is 894 g/mol. The van der Waals surface area contributed by atoms with Gasteiger partial charge in [-0.05, 0) is 51.4 Å². The molecule has 0 fully saturated rings. The molecule has 0 rings (SSSR count). The molecule has 10 heteroatoms. The number of carbonyl (C=O) groups excluding carboxylic acids is 2. The first-order valence-electron chi connectivity index (χ1n) is 29.3. The molecule has 9 nitrogen and oxygen atoms in total. The summed E-state index contributed by atoms with van der Waals surface area (Å²) in [6.07, 6.45) is 64.6. The van der Waals surface area contributed by atoms with Crippen molar-refractivity contribution < 1.29 is 42.1 Å². The summed E-state index contributed by atoms with van der Waals surface area (Å²) in [5, 5.41) is 0. The first kappa shape index (κ1) is 68.0. The number of ether oxygens (including phenoxy) is 2. The number of allylic oxidation sites excluding steroid dienone is 8. The predicted octanol–water partition coefficient (Wildman–Crippen LogP) is 17.5. The Morgan fingerprint density at radius 1 is 0.457 bits per heavy atom. The fourth-order valence-corrected chi connectivity index (χ4v) is 9.08. The molecule has 0 aliphatic heterocycles. The molecule has 0 amide bonds. The maximum atomic E-state index is 12.8. The Morgan fingerprint density at radius 2 is 0.814 bits per heavy atom. The maximum Gasteiger partial charge on any atom is 0.306 e. The lowest BCUT2D eigenvalue weighted by molar-refractivity contribution is -0.870. The second-order valence-corrected chi connectivity index (χ2v) is 22.4. The number of phosphoric ester groups is 1. The van der Waals surface area contributed by atoms with Gasteiger partial charge >= 0.3 is 11.9 Å². The highest BCUT2D eigenvalue weighted by Gasteiger charge is 2.22. The average Bonchev–Trinajstić information content (AvgIpc) is 3.32. The molecule has 0 aromatic heterocycles.